The van der Waals surface area contributed by atoms with Gasteiger partial charge >= 0.3 is 5.97 Å². The number of aryl methyl sites for hydroxylation is 2. The number of anilines is 1. The van der Waals surface area contributed by atoms with E-state index in [4.69, 9.17) is 9.47 Å². The number of hydrogen-bond donors (Lipinski definition) is 1. The highest BCUT2D eigenvalue weighted by Gasteiger charge is 2.36. The van der Waals surface area contributed by atoms with Gasteiger partial charge in [0.1, 0.15) is 0 Å². The number of methoxy groups -OCH3 is 1. The van der Waals surface area contributed by atoms with E-state index in [9.17, 15) is 9.90 Å². The Morgan fingerprint density at radius 1 is 1.26 bits per heavy atom. The number of rotatable bonds is 5. The van der Waals surface area contributed by atoms with Crippen molar-refractivity contribution in [3.05, 3.63) is 21.4 Å². The van der Waals surface area contributed by atoms with Crippen molar-refractivity contribution in [2.24, 2.45) is 0 Å². The van der Waals surface area contributed by atoms with Crippen molar-refractivity contribution in [2.45, 2.75) is 71.7 Å². The van der Waals surface area contributed by atoms with Crippen LogP contribution < -0.4 is 4.90 Å². The van der Waals surface area contributed by atoms with Gasteiger partial charge in [0.15, 0.2) is 6.10 Å². The Kier molecular flexibility index (Phi) is 6.59. The van der Waals surface area contributed by atoms with E-state index in [1.807, 2.05) is 34.6 Å². The largest absolute Gasteiger partial charge is 0.479 e. The third-order valence-electron chi connectivity index (χ3n) is 5.09. The summed E-state index contributed by atoms with van der Waals surface area (Å²) < 4.78 is 12.4. The summed E-state index contributed by atoms with van der Waals surface area (Å²) in [5.74, 6) is -1.01. The summed E-state index contributed by atoms with van der Waals surface area (Å²) in [5, 5.41) is 9.91. The SMILES string of the molecule is COC1(C)CCN(c2c(Br)c(C)nc(C)c2C(OC(C)(C)C)C(=O)O)CC1. The van der Waals surface area contributed by atoms with E-state index >= 15 is 0 Å². The molecule has 1 aliphatic rings. The van der Waals surface area contributed by atoms with Crippen LogP contribution in [-0.4, -0.2) is 47.5 Å². The first-order chi connectivity index (χ1) is 12.4. The predicted molar refractivity (Wildman–Crippen MR) is 109 cm³/mol. The minimum Gasteiger partial charge on any atom is -0.479 e. The molecule has 1 saturated heterocycles. The molecule has 152 valence electrons. The Labute approximate surface area is 170 Å². The van der Waals surface area contributed by atoms with Crippen LogP contribution in [-0.2, 0) is 14.3 Å². The van der Waals surface area contributed by atoms with Gasteiger partial charge in [-0.3, -0.25) is 4.98 Å². The fraction of sp³-hybridized carbons (Fsp3) is 0.700. The van der Waals surface area contributed by atoms with E-state index in [2.05, 4.69) is 32.7 Å². The lowest BCUT2D eigenvalue weighted by molar-refractivity contribution is -0.160. The smallest absolute Gasteiger partial charge is 0.337 e. The molecule has 0 aromatic carbocycles. The van der Waals surface area contributed by atoms with E-state index in [-0.39, 0.29) is 5.60 Å². The topological polar surface area (TPSA) is 71.9 Å². The zero-order chi connectivity index (χ0) is 20.6. The van der Waals surface area contributed by atoms with Crippen LogP contribution in [0.1, 0.15) is 63.6 Å². The fourth-order valence-corrected chi connectivity index (χ4v) is 3.99. The standard InChI is InChI=1S/C20H31BrN2O4/c1-12-14(17(18(24)25)27-19(3,4)5)16(15(21)13(2)22-12)23-10-8-20(6,26-7)9-11-23/h17H,8-11H2,1-7H3,(H,24,25). The van der Waals surface area contributed by atoms with Crippen LogP contribution in [0.3, 0.4) is 0 Å². The molecule has 0 spiro atoms. The predicted octanol–water partition coefficient (Wildman–Crippen LogP) is 4.41. The summed E-state index contributed by atoms with van der Waals surface area (Å²) in [5.41, 5.74) is 2.27. The molecule has 1 atom stereocenters. The lowest BCUT2D eigenvalue weighted by Crippen LogP contribution is -2.44. The summed E-state index contributed by atoms with van der Waals surface area (Å²) in [6.07, 6.45) is 0.654. The van der Waals surface area contributed by atoms with Gasteiger partial charge in [0, 0.05) is 31.5 Å². The number of hydrogen-bond acceptors (Lipinski definition) is 5. The van der Waals surface area contributed by atoms with Gasteiger partial charge in [0.2, 0.25) is 0 Å². The van der Waals surface area contributed by atoms with Crippen molar-refractivity contribution in [2.75, 3.05) is 25.1 Å². The molecule has 6 nitrogen and oxygen atoms in total. The van der Waals surface area contributed by atoms with Crippen LogP contribution >= 0.6 is 15.9 Å². The highest BCUT2D eigenvalue weighted by Crippen LogP contribution is 2.42. The molecular formula is C20H31BrN2O4. The van der Waals surface area contributed by atoms with Crippen molar-refractivity contribution in [3.8, 4) is 0 Å². The summed E-state index contributed by atoms with van der Waals surface area (Å²) >= 11 is 3.66. The van der Waals surface area contributed by atoms with Crippen LogP contribution in [0.25, 0.3) is 0 Å². The van der Waals surface area contributed by atoms with Gasteiger partial charge in [0.25, 0.3) is 0 Å². The van der Waals surface area contributed by atoms with Gasteiger partial charge in [-0.2, -0.15) is 0 Å². The van der Waals surface area contributed by atoms with Gasteiger partial charge in [0.05, 0.1) is 27.1 Å². The molecule has 1 aromatic heterocycles. The number of carboxylic acid groups (broad SMARTS) is 1. The molecule has 0 bridgehead atoms. The van der Waals surface area contributed by atoms with Crippen molar-refractivity contribution in [1.82, 2.24) is 4.98 Å². The van der Waals surface area contributed by atoms with Crippen molar-refractivity contribution < 1.29 is 19.4 Å². The maximum Gasteiger partial charge on any atom is 0.337 e. The number of pyridine rings is 1. The minimum atomic E-state index is -1.08. The first-order valence-corrected chi connectivity index (χ1v) is 10.0. The number of aromatic nitrogens is 1. The summed E-state index contributed by atoms with van der Waals surface area (Å²) in [7, 11) is 1.75. The monoisotopic (exact) mass is 442 g/mol. The van der Waals surface area contributed by atoms with E-state index in [0.29, 0.717) is 11.3 Å². The minimum absolute atomic E-state index is 0.144. The second-order valence-corrected chi connectivity index (χ2v) is 9.24. The van der Waals surface area contributed by atoms with E-state index < -0.39 is 17.7 Å². The zero-order valence-electron chi connectivity index (χ0n) is 17.4. The number of ether oxygens (including phenoxy) is 2. The maximum atomic E-state index is 12.1. The number of halogens is 1. The second kappa shape index (κ2) is 8.05. The molecule has 0 amide bonds. The summed E-state index contributed by atoms with van der Waals surface area (Å²) in [6.45, 7) is 13.0. The number of carboxylic acids is 1. The lowest BCUT2D eigenvalue weighted by Gasteiger charge is -2.41. The van der Waals surface area contributed by atoms with Crippen molar-refractivity contribution in [3.63, 3.8) is 0 Å². The van der Waals surface area contributed by atoms with Crippen LogP contribution in [0.4, 0.5) is 5.69 Å². The Morgan fingerprint density at radius 2 is 1.81 bits per heavy atom. The molecule has 7 heteroatoms. The Morgan fingerprint density at radius 3 is 2.26 bits per heavy atom. The van der Waals surface area contributed by atoms with Crippen LogP contribution in [0.5, 0.6) is 0 Å². The Hall–Kier alpha value is -1.18. The molecule has 0 saturated carbocycles. The zero-order valence-corrected chi connectivity index (χ0v) is 18.9. The molecule has 1 N–H and O–H groups in total. The molecule has 2 heterocycles. The number of aliphatic carboxylic acids is 1. The molecule has 2 rings (SSSR count). The molecule has 0 radical (unpaired) electrons. The third-order valence-corrected chi connectivity index (χ3v) is 6.04. The van der Waals surface area contributed by atoms with Gasteiger partial charge in [-0.15, -0.1) is 0 Å². The molecular weight excluding hydrogens is 412 g/mol. The first-order valence-electron chi connectivity index (χ1n) is 9.26. The van der Waals surface area contributed by atoms with Crippen LogP contribution in [0, 0.1) is 13.8 Å². The van der Waals surface area contributed by atoms with Crippen LogP contribution in [0.2, 0.25) is 0 Å². The van der Waals surface area contributed by atoms with E-state index in [1.165, 1.54) is 0 Å². The number of piperidine rings is 1. The lowest BCUT2D eigenvalue weighted by atomic mass is 9.92. The fourth-order valence-electron chi connectivity index (χ4n) is 3.44. The molecule has 0 aliphatic carbocycles. The van der Waals surface area contributed by atoms with Crippen molar-refractivity contribution >= 4 is 27.6 Å². The average molecular weight is 443 g/mol. The normalized spacial score (nSPS) is 18.4. The van der Waals surface area contributed by atoms with E-state index in [0.717, 1.165) is 41.8 Å². The third kappa shape index (κ3) is 5.00. The van der Waals surface area contributed by atoms with E-state index in [1.54, 1.807) is 7.11 Å². The molecule has 1 unspecified atom stereocenters. The van der Waals surface area contributed by atoms with Gasteiger partial charge in [-0.25, -0.2) is 4.79 Å². The molecule has 1 aromatic rings. The maximum absolute atomic E-state index is 12.1. The molecule has 1 fully saturated rings. The average Bonchev–Trinajstić information content (AvgIpc) is 2.56. The van der Waals surface area contributed by atoms with Gasteiger partial charge < -0.3 is 19.5 Å². The first kappa shape index (κ1) is 22.1. The number of carbonyl (C=O) groups is 1. The quantitative estimate of drug-likeness (QED) is 0.727. The molecule has 27 heavy (non-hydrogen) atoms. The van der Waals surface area contributed by atoms with Gasteiger partial charge in [-0.05, 0) is 70.3 Å². The second-order valence-electron chi connectivity index (χ2n) is 8.45. The van der Waals surface area contributed by atoms with Crippen molar-refractivity contribution in [1.29, 1.82) is 0 Å². The Bertz CT molecular complexity index is 707. The number of nitrogens with zero attached hydrogens (tertiary/aromatic N) is 2. The van der Waals surface area contributed by atoms with Gasteiger partial charge in [-0.1, -0.05) is 0 Å². The summed E-state index contributed by atoms with van der Waals surface area (Å²) in [4.78, 5) is 18.9. The highest BCUT2D eigenvalue weighted by atomic mass is 79.9. The molecule has 1 aliphatic heterocycles. The van der Waals surface area contributed by atoms with Crippen LogP contribution in [0.15, 0.2) is 4.47 Å². The summed E-state index contributed by atoms with van der Waals surface area (Å²) in [6, 6.07) is 0. The highest BCUT2D eigenvalue weighted by molar-refractivity contribution is 9.10. The Balaban J connectivity index is 2.55.